The van der Waals surface area contributed by atoms with Gasteiger partial charge >= 0.3 is 0 Å². The van der Waals surface area contributed by atoms with Crippen LogP contribution in [0.4, 0.5) is 4.39 Å². The third-order valence-electron chi connectivity index (χ3n) is 7.16. The van der Waals surface area contributed by atoms with Crippen molar-refractivity contribution >= 4 is 21.9 Å². The highest BCUT2D eigenvalue weighted by Gasteiger charge is 2.23. The summed E-state index contributed by atoms with van der Waals surface area (Å²) in [6, 6.07) is 28.3. The zero-order valence-electron chi connectivity index (χ0n) is 20.9. The van der Waals surface area contributed by atoms with E-state index in [1.165, 1.54) is 5.56 Å². The fourth-order valence-corrected chi connectivity index (χ4v) is 5.22. The number of furan rings is 1. The minimum Gasteiger partial charge on any atom is -0.454 e. The first kappa shape index (κ1) is 22.2. The number of hydrogen-bond acceptors (Lipinski definition) is 1. The molecule has 0 N–H and O–H groups in total. The van der Waals surface area contributed by atoms with E-state index in [1.54, 1.807) is 6.07 Å². The molecule has 0 fully saturated rings. The molecule has 0 bridgehead atoms. The average Bonchev–Trinajstić information content (AvgIpc) is 3.23. The Morgan fingerprint density at radius 1 is 0.667 bits per heavy atom. The Kier molecular flexibility index (Phi) is 5.22. The molecule has 0 aliphatic rings. The molecule has 6 aromatic rings. The van der Waals surface area contributed by atoms with Gasteiger partial charge in [0.2, 0.25) is 5.69 Å². The molecule has 6 rings (SSSR count). The van der Waals surface area contributed by atoms with E-state index < -0.39 is 0 Å². The molecular formula is C33H27FNO+. The number of pyridine rings is 1. The van der Waals surface area contributed by atoms with Gasteiger partial charge in [0.1, 0.15) is 24.0 Å². The third-order valence-corrected chi connectivity index (χ3v) is 7.16. The Balaban J connectivity index is 1.59. The van der Waals surface area contributed by atoms with Gasteiger partial charge in [-0.2, -0.15) is 0 Å². The van der Waals surface area contributed by atoms with Crippen LogP contribution in [0.5, 0.6) is 0 Å². The lowest BCUT2D eigenvalue weighted by molar-refractivity contribution is -0.660. The molecule has 0 atom stereocenters. The molecule has 0 unspecified atom stereocenters. The maximum Gasteiger partial charge on any atom is 0.216 e. The number of hydrogen-bond donors (Lipinski definition) is 0. The molecule has 176 valence electrons. The molecule has 2 heterocycles. The summed E-state index contributed by atoms with van der Waals surface area (Å²) in [5.74, 6) is -0.285. The van der Waals surface area contributed by atoms with Crippen LogP contribution in [-0.2, 0) is 7.05 Å². The lowest BCUT2D eigenvalue weighted by Gasteiger charge is -2.11. The zero-order valence-corrected chi connectivity index (χ0v) is 20.9. The van der Waals surface area contributed by atoms with Crippen molar-refractivity contribution in [2.45, 2.75) is 20.8 Å². The molecule has 3 heteroatoms. The van der Waals surface area contributed by atoms with E-state index in [9.17, 15) is 0 Å². The van der Waals surface area contributed by atoms with Gasteiger partial charge in [0, 0.05) is 22.9 Å². The molecule has 0 aliphatic carbocycles. The van der Waals surface area contributed by atoms with Crippen molar-refractivity contribution in [3.05, 3.63) is 114 Å². The molecule has 0 amide bonds. The van der Waals surface area contributed by atoms with E-state index in [4.69, 9.17) is 4.42 Å². The summed E-state index contributed by atoms with van der Waals surface area (Å²) >= 11 is 0. The maximum absolute atomic E-state index is 15.4. The average molecular weight is 473 g/mol. The van der Waals surface area contributed by atoms with Crippen molar-refractivity contribution in [3.63, 3.8) is 0 Å². The van der Waals surface area contributed by atoms with Gasteiger partial charge in [-0.15, -0.1) is 0 Å². The van der Waals surface area contributed by atoms with Gasteiger partial charge < -0.3 is 4.42 Å². The van der Waals surface area contributed by atoms with Crippen LogP contribution in [0.3, 0.4) is 0 Å². The van der Waals surface area contributed by atoms with Crippen molar-refractivity contribution in [1.29, 1.82) is 0 Å². The Morgan fingerprint density at radius 2 is 1.36 bits per heavy atom. The van der Waals surface area contributed by atoms with E-state index >= 15 is 4.39 Å². The molecule has 0 spiro atoms. The van der Waals surface area contributed by atoms with E-state index in [0.717, 1.165) is 55.4 Å². The smallest absolute Gasteiger partial charge is 0.216 e. The number of fused-ring (bicyclic) bond motifs is 3. The standard InChI is InChI=1S/C33H27FNO/c1-20-8-11-23(12-9-20)25-15-13-24(19-22(25)3)31-28(34)17-16-27-26-14-10-21(2)30(32(26)36-33(27)31)29-7-5-6-18-35(29)4/h5-19H,1-4H3/q+1. The van der Waals surface area contributed by atoms with Crippen LogP contribution in [0.15, 0.2) is 95.5 Å². The molecule has 0 aliphatic heterocycles. The minimum atomic E-state index is -0.285. The maximum atomic E-state index is 15.4. The Morgan fingerprint density at radius 3 is 2.08 bits per heavy atom. The normalized spacial score (nSPS) is 11.5. The number of nitrogens with zero attached hydrogens (tertiary/aromatic N) is 1. The number of benzene rings is 4. The predicted molar refractivity (Wildman–Crippen MR) is 145 cm³/mol. The Bertz CT molecular complexity index is 1780. The first-order chi connectivity index (χ1) is 17.4. The topological polar surface area (TPSA) is 17.0 Å². The quantitative estimate of drug-likeness (QED) is 0.236. The number of rotatable bonds is 3. The van der Waals surface area contributed by atoms with Gasteiger partial charge in [-0.3, -0.25) is 0 Å². The summed E-state index contributed by atoms with van der Waals surface area (Å²) in [5, 5.41) is 1.91. The summed E-state index contributed by atoms with van der Waals surface area (Å²) in [5.41, 5.74) is 10.5. The molecule has 0 saturated carbocycles. The first-order valence-corrected chi connectivity index (χ1v) is 12.2. The SMILES string of the molecule is Cc1ccc(-c2ccc(-c3c(F)ccc4c3oc3c(-c5cccc[n+]5C)c(C)ccc34)cc2C)cc1. The second kappa shape index (κ2) is 8.46. The molecular weight excluding hydrogens is 445 g/mol. The monoisotopic (exact) mass is 472 g/mol. The highest BCUT2D eigenvalue weighted by Crippen LogP contribution is 2.42. The minimum absolute atomic E-state index is 0.285. The summed E-state index contributed by atoms with van der Waals surface area (Å²) < 4.78 is 24.1. The summed E-state index contributed by atoms with van der Waals surface area (Å²) in [4.78, 5) is 0. The molecule has 36 heavy (non-hydrogen) atoms. The van der Waals surface area contributed by atoms with Gasteiger partial charge in [-0.05, 0) is 66.8 Å². The summed E-state index contributed by atoms with van der Waals surface area (Å²) in [6.07, 6.45) is 2.03. The van der Waals surface area contributed by atoms with Crippen LogP contribution in [0, 0.1) is 26.6 Å². The largest absolute Gasteiger partial charge is 0.454 e. The van der Waals surface area contributed by atoms with Crippen molar-refractivity contribution < 1.29 is 13.4 Å². The van der Waals surface area contributed by atoms with E-state index in [1.807, 2.05) is 37.5 Å². The molecule has 2 aromatic heterocycles. The molecule has 4 aromatic carbocycles. The van der Waals surface area contributed by atoms with E-state index in [-0.39, 0.29) is 5.82 Å². The Labute approximate surface area is 210 Å². The predicted octanol–water partition coefficient (Wildman–Crippen LogP) is 8.48. The molecule has 0 radical (unpaired) electrons. The third kappa shape index (κ3) is 3.51. The van der Waals surface area contributed by atoms with Crippen molar-refractivity contribution in [1.82, 2.24) is 0 Å². The van der Waals surface area contributed by atoms with Gasteiger partial charge in [0.05, 0.1) is 11.1 Å². The van der Waals surface area contributed by atoms with Crippen molar-refractivity contribution in [3.8, 4) is 33.5 Å². The molecule has 0 saturated heterocycles. The fraction of sp³-hybridized carbons (Fsp3) is 0.121. The highest BCUT2D eigenvalue weighted by atomic mass is 19.1. The van der Waals surface area contributed by atoms with Crippen LogP contribution in [0.2, 0.25) is 0 Å². The van der Waals surface area contributed by atoms with Gasteiger partial charge in [-0.1, -0.05) is 60.2 Å². The van der Waals surface area contributed by atoms with Crippen LogP contribution >= 0.6 is 0 Å². The first-order valence-electron chi connectivity index (χ1n) is 12.2. The number of aromatic nitrogens is 1. The second-order valence-electron chi connectivity index (χ2n) is 9.63. The second-order valence-corrected chi connectivity index (χ2v) is 9.63. The van der Waals surface area contributed by atoms with Crippen LogP contribution in [-0.4, -0.2) is 0 Å². The number of aryl methyl sites for hydroxylation is 4. The number of halogens is 1. The lowest BCUT2D eigenvalue weighted by Crippen LogP contribution is -2.30. The van der Waals surface area contributed by atoms with Gasteiger partial charge in [0.15, 0.2) is 6.20 Å². The zero-order chi connectivity index (χ0) is 25.0. The van der Waals surface area contributed by atoms with Crippen molar-refractivity contribution in [2.24, 2.45) is 7.05 Å². The Hall–Kier alpha value is -4.24. The summed E-state index contributed by atoms with van der Waals surface area (Å²) in [7, 11) is 2.03. The fourth-order valence-electron chi connectivity index (χ4n) is 5.22. The van der Waals surface area contributed by atoms with Gasteiger partial charge in [-0.25, -0.2) is 8.96 Å². The van der Waals surface area contributed by atoms with Crippen LogP contribution in [0.1, 0.15) is 16.7 Å². The summed E-state index contributed by atoms with van der Waals surface area (Å²) in [6.45, 7) is 6.25. The van der Waals surface area contributed by atoms with Crippen LogP contribution in [0.25, 0.3) is 55.4 Å². The van der Waals surface area contributed by atoms with Gasteiger partial charge in [0.25, 0.3) is 0 Å². The molecule has 2 nitrogen and oxygen atoms in total. The van der Waals surface area contributed by atoms with E-state index in [0.29, 0.717) is 11.1 Å². The highest BCUT2D eigenvalue weighted by molar-refractivity contribution is 6.13. The van der Waals surface area contributed by atoms with Crippen molar-refractivity contribution in [2.75, 3.05) is 0 Å². The lowest BCUT2D eigenvalue weighted by atomic mass is 9.94. The van der Waals surface area contributed by atoms with E-state index in [2.05, 4.69) is 79.9 Å². The van der Waals surface area contributed by atoms with Crippen LogP contribution < -0.4 is 4.57 Å².